The maximum absolute atomic E-state index is 13.2. The number of carbonyl (C=O) groups excluding carboxylic acids is 1. The van der Waals surface area contributed by atoms with Gasteiger partial charge in [0.25, 0.3) is 0 Å². The maximum Gasteiger partial charge on any atom is 0.167 e. The van der Waals surface area contributed by atoms with Gasteiger partial charge < -0.3 is 5.73 Å². The summed E-state index contributed by atoms with van der Waals surface area (Å²) < 4.78 is 0. The van der Waals surface area contributed by atoms with E-state index in [-0.39, 0.29) is 5.78 Å². The molecule has 0 aliphatic carbocycles. The maximum atomic E-state index is 13.2. The van der Waals surface area contributed by atoms with Crippen molar-refractivity contribution in [1.82, 2.24) is 0 Å². The number of carbonyl (C=O) groups is 1. The summed E-state index contributed by atoms with van der Waals surface area (Å²) in [5, 5.41) is 2.48. The van der Waals surface area contributed by atoms with Gasteiger partial charge in [-0.15, -0.1) is 0 Å². The van der Waals surface area contributed by atoms with Gasteiger partial charge in [-0.25, -0.2) is 0 Å². The van der Waals surface area contributed by atoms with Gasteiger partial charge in [-0.3, -0.25) is 4.79 Å². The van der Waals surface area contributed by atoms with Crippen LogP contribution in [0.2, 0.25) is 0 Å². The first-order chi connectivity index (χ1) is 23.0. The first-order valence-electron chi connectivity index (χ1n) is 17.4. The molecule has 0 spiro atoms. The standard InChI is InChI=1S/C46H53NO/c1-32(2)16-17-38-18-20-40(35(6)26-38)31-46(48)44-25-24-43(45(47)30-44)27-36(7)39-22-23-41-28-37(19-21-42(41)29-39)15-13-11-9-8-10-12-14-34(5)33(3)4/h16-26,28-30H,1,3,5,7-15,27,31,47H2,2,4,6H3/b17-16+. The fourth-order valence-corrected chi connectivity index (χ4v) is 6.05. The average Bonchev–Trinajstić information content (AvgIpc) is 3.06. The average molecular weight is 636 g/mol. The van der Waals surface area contributed by atoms with Gasteiger partial charge in [0.15, 0.2) is 5.78 Å². The van der Waals surface area contributed by atoms with Crippen LogP contribution in [0.25, 0.3) is 22.4 Å². The highest BCUT2D eigenvalue weighted by atomic mass is 16.1. The first kappa shape index (κ1) is 36.2. The number of ketones is 1. The summed E-state index contributed by atoms with van der Waals surface area (Å²) in [7, 11) is 0. The molecule has 4 rings (SSSR count). The minimum atomic E-state index is 0.0613. The number of unbranched alkanes of at least 4 members (excludes halogenated alkanes) is 5. The topological polar surface area (TPSA) is 43.1 Å². The van der Waals surface area contributed by atoms with E-state index in [9.17, 15) is 4.79 Å². The van der Waals surface area contributed by atoms with E-state index in [1.807, 2.05) is 63.3 Å². The number of Topliss-reactive ketones (excluding diaryl/α,β-unsaturated/α-hetero) is 1. The third kappa shape index (κ3) is 10.7. The Bertz CT molecular complexity index is 1850. The minimum Gasteiger partial charge on any atom is -0.398 e. The van der Waals surface area contributed by atoms with Crippen molar-refractivity contribution in [3.63, 3.8) is 0 Å². The van der Waals surface area contributed by atoms with Crippen molar-refractivity contribution < 1.29 is 4.79 Å². The lowest BCUT2D eigenvalue weighted by atomic mass is 9.93. The number of aryl methyl sites for hydroxylation is 2. The number of allylic oxidation sites excluding steroid dienone is 5. The Morgan fingerprint density at radius 3 is 2.08 bits per heavy atom. The van der Waals surface area contributed by atoms with Crippen molar-refractivity contribution in [3.8, 4) is 0 Å². The monoisotopic (exact) mass is 635 g/mol. The molecule has 0 atom stereocenters. The van der Waals surface area contributed by atoms with E-state index in [2.05, 4.69) is 68.8 Å². The number of anilines is 1. The molecule has 0 aromatic heterocycles. The van der Waals surface area contributed by atoms with Gasteiger partial charge in [0.05, 0.1) is 0 Å². The van der Waals surface area contributed by atoms with Crippen molar-refractivity contribution in [2.45, 2.75) is 85.0 Å². The zero-order valence-electron chi connectivity index (χ0n) is 29.5. The molecule has 0 amide bonds. The highest BCUT2D eigenvalue weighted by molar-refractivity contribution is 5.98. The molecule has 2 nitrogen and oxygen atoms in total. The number of hydrogen-bond acceptors (Lipinski definition) is 2. The second kappa shape index (κ2) is 17.5. The van der Waals surface area contributed by atoms with Crippen LogP contribution >= 0.6 is 0 Å². The lowest BCUT2D eigenvalue weighted by molar-refractivity contribution is 0.0992. The quantitative estimate of drug-likeness (QED) is 0.0511. The van der Waals surface area contributed by atoms with Crippen molar-refractivity contribution >= 4 is 33.9 Å². The molecule has 0 bridgehead atoms. The molecule has 4 aromatic carbocycles. The second-order valence-corrected chi connectivity index (χ2v) is 13.6. The van der Waals surface area contributed by atoms with E-state index in [1.54, 1.807) is 0 Å². The van der Waals surface area contributed by atoms with Gasteiger partial charge in [-0.05, 0) is 115 Å². The van der Waals surface area contributed by atoms with Crippen molar-refractivity contribution in [2.75, 3.05) is 5.73 Å². The van der Waals surface area contributed by atoms with E-state index in [0.29, 0.717) is 24.1 Å². The van der Waals surface area contributed by atoms with E-state index >= 15 is 0 Å². The van der Waals surface area contributed by atoms with Crippen LogP contribution in [0.1, 0.15) is 103 Å². The highest BCUT2D eigenvalue weighted by Crippen LogP contribution is 2.27. The smallest absolute Gasteiger partial charge is 0.167 e. The predicted octanol–water partition coefficient (Wildman–Crippen LogP) is 12.4. The Balaban J connectivity index is 1.28. The van der Waals surface area contributed by atoms with Crippen LogP contribution in [0, 0.1) is 6.92 Å². The Kier molecular flexibility index (Phi) is 13.1. The third-order valence-corrected chi connectivity index (χ3v) is 9.26. The largest absolute Gasteiger partial charge is 0.398 e. The molecule has 0 aliphatic heterocycles. The van der Waals surface area contributed by atoms with Gasteiger partial charge in [0.1, 0.15) is 0 Å². The fraction of sp³-hybridized carbons (Fsp3) is 0.283. The molecule has 0 unspecified atom stereocenters. The SMILES string of the molecule is C=C(C)/C=C/c1ccc(CC(=O)c2ccc(CC(=C)c3ccc4cc(CCCCCCCCC(=C)C(=C)C)ccc4c3)c(N)c2)c(C)c1. The Labute approximate surface area is 289 Å². The number of benzene rings is 4. The van der Waals surface area contributed by atoms with Crippen LogP contribution in [-0.4, -0.2) is 5.78 Å². The lowest BCUT2D eigenvalue weighted by Gasteiger charge is -2.12. The molecule has 0 saturated heterocycles. The van der Waals surface area contributed by atoms with Crippen molar-refractivity contribution in [1.29, 1.82) is 0 Å². The molecular formula is C46H53NO. The molecule has 0 aliphatic rings. The van der Waals surface area contributed by atoms with Crippen LogP contribution < -0.4 is 5.73 Å². The number of rotatable bonds is 18. The number of nitrogen functional groups attached to an aromatic ring is 1. The van der Waals surface area contributed by atoms with Crippen LogP contribution in [0.4, 0.5) is 5.69 Å². The summed E-state index contributed by atoms with van der Waals surface area (Å²) in [4.78, 5) is 13.2. The van der Waals surface area contributed by atoms with E-state index < -0.39 is 0 Å². The zero-order valence-corrected chi connectivity index (χ0v) is 29.5. The number of hydrogen-bond donors (Lipinski definition) is 1. The summed E-state index contributed by atoms with van der Waals surface area (Å²) >= 11 is 0. The number of nitrogens with two attached hydrogens (primary N) is 1. The van der Waals surface area contributed by atoms with Crippen molar-refractivity contribution in [2.24, 2.45) is 0 Å². The summed E-state index contributed by atoms with van der Waals surface area (Å²) in [5.74, 6) is 0.0613. The fourth-order valence-electron chi connectivity index (χ4n) is 6.05. The first-order valence-corrected chi connectivity index (χ1v) is 17.4. The molecule has 2 heteroatoms. The number of fused-ring (bicyclic) bond motifs is 1. The van der Waals surface area contributed by atoms with Gasteiger partial charge in [-0.2, -0.15) is 0 Å². The molecule has 0 fully saturated rings. The molecule has 2 N–H and O–H groups in total. The van der Waals surface area contributed by atoms with Crippen LogP contribution in [0.15, 0.2) is 122 Å². The Morgan fingerprint density at radius 1 is 0.708 bits per heavy atom. The van der Waals surface area contributed by atoms with Crippen LogP contribution in [-0.2, 0) is 19.3 Å². The van der Waals surface area contributed by atoms with Gasteiger partial charge in [0.2, 0.25) is 0 Å². The van der Waals surface area contributed by atoms with E-state index in [1.165, 1.54) is 60.4 Å². The molecule has 48 heavy (non-hydrogen) atoms. The molecule has 0 heterocycles. The Hall–Kier alpha value is -4.69. The third-order valence-electron chi connectivity index (χ3n) is 9.26. The normalized spacial score (nSPS) is 11.2. The molecular weight excluding hydrogens is 583 g/mol. The summed E-state index contributed by atoms with van der Waals surface area (Å²) in [6, 6.07) is 25.3. The van der Waals surface area contributed by atoms with Gasteiger partial charge in [0, 0.05) is 17.7 Å². The predicted molar refractivity (Wildman–Crippen MR) is 211 cm³/mol. The van der Waals surface area contributed by atoms with Gasteiger partial charge in [-0.1, -0.05) is 142 Å². The highest BCUT2D eigenvalue weighted by Gasteiger charge is 2.13. The summed E-state index contributed by atoms with van der Waals surface area (Å²) in [6.45, 7) is 22.4. The zero-order chi connectivity index (χ0) is 34.6. The van der Waals surface area contributed by atoms with Crippen molar-refractivity contribution in [3.05, 3.63) is 161 Å². The lowest BCUT2D eigenvalue weighted by Crippen LogP contribution is -2.07. The van der Waals surface area contributed by atoms with Crippen LogP contribution in [0.5, 0.6) is 0 Å². The second-order valence-electron chi connectivity index (χ2n) is 13.6. The molecule has 0 saturated carbocycles. The molecule has 248 valence electrons. The van der Waals surface area contributed by atoms with E-state index in [0.717, 1.165) is 57.4 Å². The van der Waals surface area contributed by atoms with Gasteiger partial charge >= 0.3 is 0 Å². The van der Waals surface area contributed by atoms with Crippen LogP contribution in [0.3, 0.4) is 0 Å². The molecule has 4 aromatic rings. The minimum absolute atomic E-state index is 0.0613. The molecule has 0 radical (unpaired) electrons. The van der Waals surface area contributed by atoms with E-state index in [4.69, 9.17) is 5.73 Å². The summed E-state index contributed by atoms with van der Waals surface area (Å²) in [5.41, 5.74) is 18.8. The summed E-state index contributed by atoms with van der Waals surface area (Å²) in [6.07, 6.45) is 14.8. The Morgan fingerprint density at radius 2 is 1.38 bits per heavy atom.